The Labute approximate surface area is 138 Å². The Bertz CT molecular complexity index is 818. The van der Waals surface area contributed by atoms with Gasteiger partial charge in [0.1, 0.15) is 5.82 Å². The van der Waals surface area contributed by atoms with Crippen LogP contribution in [-0.4, -0.2) is 15.9 Å². The number of carbonyl (C=O) groups is 1. The number of hydrogen-bond donors (Lipinski definition) is 1. The highest BCUT2D eigenvalue weighted by molar-refractivity contribution is 5.76. The van der Waals surface area contributed by atoms with Crippen LogP contribution in [0.3, 0.4) is 0 Å². The Kier molecular flexibility index (Phi) is 4.96. The van der Waals surface area contributed by atoms with E-state index in [2.05, 4.69) is 15.3 Å². The van der Waals surface area contributed by atoms with E-state index in [4.69, 9.17) is 4.42 Å². The van der Waals surface area contributed by atoms with Crippen LogP contribution in [0.2, 0.25) is 0 Å². The zero-order valence-electron chi connectivity index (χ0n) is 12.9. The zero-order valence-corrected chi connectivity index (χ0v) is 12.9. The summed E-state index contributed by atoms with van der Waals surface area (Å²) in [6.45, 7) is 0.381. The number of nitrogens with zero attached hydrogens (tertiary/aromatic N) is 2. The van der Waals surface area contributed by atoms with Crippen LogP contribution in [0.5, 0.6) is 0 Å². The van der Waals surface area contributed by atoms with Gasteiger partial charge in [0.25, 0.3) is 0 Å². The highest BCUT2D eigenvalue weighted by Crippen LogP contribution is 2.23. The summed E-state index contributed by atoms with van der Waals surface area (Å²) in [5, 5.41) is 2.79. The lowest BCUT2D eigenvalue weighted by atomic mass is 10.2. The zero-order chi connectivity index (χ0) is 16.8. The number of carbonyl (C=O) groups excluding carboxylic acids is 1. The van der Waals surface area contributed by atoms with Crippen LogP contribution in [0, 0.1) is 5.82 Å². The van der Waals surface area contributed by atoms with Crippen molar-refractivity contribution >= 4 is 5.91 Å². The first-order valence-corrected chi connectivity index (χ1v) is 7.58. The van der Waals surface area contributed by atoms with Crippen molar-refractivity contribution in [2.45, 2.75) is 19.4 Å². The van der Waals surface area contributed by atoms with Crippen LogP contribution < -0.4 is 5.32 Å². The number of pyridine rings is 1. The van der Waals surface area contributed by atoms with E-state index in [0.717, 1.165) is 5.69 Å². The molecule has 1 N–H and O–H groups in total. The Morgan fingerprint density at radius 1 is 1.12 bits per heavy atom. The number of aryl methyl sites for hydroxylation is 1. The summed E-state index contributed by atoms with van der Waals surface area (Å²) in [6.07, 6.45) is 3.74. The van der Waals surface area contributed by atoms with E-state index in [1.165, 1.54) is 12.3 Å². The summed E-state index contributed by atoms with van der Waals surface area (Å²) >= 11 is 0. The van der Waals surface area contributed by atoms with E-state index in [9.17, 15) is 9.18 Å². The first-order valence-electron chi connectivity index (χ1n) is 7.58. The molecule has 3 rings (SSSR count). The van der Waals surface area contributed by atoms with Gasteiger partial charge in [-0.05, 0) is 24.3 Å². The van der Waals surface area contributed by atoms with Crippen molar-refractivity contribution in [1.29, 1.82) is 0 Å². The van der Waals surface area contributed by atoms with E-state index in [-0.39, 0.29) is 18.1 Å². The summed E-state index contributed by atoms with van der Waals surface area (Å²) in [7, 11) is 0. The molecule has 24 heavy (non-hydrogen) atoms. The molecule has 0 aliphatic heterocycles. The van der Waals surface area contributed by atoms with E-state index in [0.29, 0.717) is 30.2 Å². The monoisotopic (exact) mass is 325 g/mol. The van der Waals surface area contributed by atoms with Gasteiger partial charge < -0.3 is 9.73 Å². The van der Waals surface area contributed by atoms with Gasteiger partial charge in [0.2, 0.25) is 5.91 Å². The normalized spacial score (nSPS) is 10.5. The number of amides is 1. The Morgan fingerprint density at radius 3 is 2.75 bits per heavy atom. The molecule has 0 aliphatic carbocycles. The van der Waals surface area contributed by atoms with E-state index < -0.39 is 0 Å². The van der Waals surface area contributed by atoms with Crippen molar-refractivity contribution in [3.63, 3.8) is 0 Å². The second-order valence-corrected chi connectivity index (χ2v) is 5.20. The summed E-state index contributed by atoms with van der Waals surface area (Å²) in [5.74, 6) is 0.276. The van der Waals surface area contributed by atoms with Crippen LogP contribution in [-0.2, 0) is 17.8 Å². The van der Waals surface area contributed by atoms with Gasteiger partial charge in [0.05, 0.1) is 24.0 Å². The lowest BCUT2D eigenvalue weighted by Gasteiger charge is -2.03. The fourth-order valence-corrected chi connectivity index (χ4v) is 2.21. The largest absolute Gasteiger partial charge is 0.441 e. The molecule has 0 aliphatic rings. The van der Waals surface area contributed by atoms with Crippen molar-refractivity contribution < 1.29 is 13.6 Å². The van der Waals surface area contributed by atoms with Gasteiger partial charge in [-0.25, -0.2) is 9.37 Å². The molecule has 0 radical (unpaired) electrons. The maximum absolute atomic E-state index is 13.7. The first-order chi connectivity index (χ1) is 11.7. The van der Waals surface area contributed by atoms with Gasteiger partial charge in [0.15, 0.2) is 11.7 Å². The molecule has 6 heteroatoms. The molecule has 122 valence electrons. The summed E-state index contributed by atoms with van der Waals surface area (Å²) in [4.78, 5) is 20.1. The van der Waals surface area contributed by atoms with Crippen molar-refractivity contribution in [2.75, 3.05) is 0 Å². The average molecular weight is 325 g/mol. The predicted molar refractivity (Wildman–Crippen MR) is 86.3 cm³/mol. The van der Waals surface area contributed by atoms with Crippen molar-refractivity contribution in [3.8, 4) is 11.3 Å². The summed E-state index contributed by atoms with van der Waals surface area (Å²) in [5.41, 5.74) is 1.15. The number of halogens is 1. The fraction of sp³-hybridized carbons (Fsp3) is 0.167. The molecule has 5 nitrogen and oxygen atoms in total. The number of rotatable bonds is 6. The topological polar surface area (TPSA) is 68.0 Å². The SMILES string of the molecule is O=C(CCc1ncc(-c2ccccc2F)o1)NCc1ccccn1. The maximum Gasteiger partial charge on any atom is 0.220 e. The minimum Gasteiger partial charge on any atom is -0.441 e. The van der Waals surface area contributed by atoms with Gasteiger partial charge >= 0.3 is 0 Å². The van der Waals surface area contributed by atoms with Crippen molar-refractivity contribution in [2.24, 2.45) is 0 Å². The van der Waals surface area contributed by atoms with Crippen LogP contribution in [0.25, 0.3) is 11.3 Å². The van der Waals surface area contributed by atoms with E-state index >= 15 is 0 Å². The fourth-order valence-electron chi connectivity index (χ4n) is 2.21. The number of benzene rings is 1. The quantitative estimate of drug-likeness (QED) is 0.756. The highest BCUT2D eigenvalue weighted by atomic mass is 19.1. The Morgan fingerprint density at radius 2 is 1.96 bits per heavy atom. The molecular formula is C18H16FN3O2. The molecule has 2 heterocycles. The number of aromatic nitrogens is 2. The minimum atomic E-state index is -0.367. The van der Waals surface area contributed by atoms with Gasteiger partial charge in [-0.3, -0.25) is 9.78 Å². The molecular weight excluding hydrogens is 309 g/mol. The van der Waals surface area contributed by atoms with E-state index in [1.807, 2.05) is 18.2 Å². The standard InChI is InChI=1S/C18H16FN3O2/c19-15-7-2-1-6-14(15)16-12-22-18(24-16)9-8-17(23)21-11-13-5-3-4-10-20-13/h1-7,10,12H,8-9,11H2,(H,21,23). The third-order valence-electron chi connectivity index (χ3n) is 3.45. The van der Waals surface area contributed by atoms with Crippen molar-refractivity contribution in [1.82, 2.24) is 15.3 Å². The van der Waals surface area contributed by atoms with Gasteiger partial charge in [-0.15, -0.1) is 0 Å². The molecule has 1 amide bonds. The molecule has 0 fully saturated rings. The Hall–Kier alpha value is -3.02. The van der Waals surface area contributed by atoms with Crippen LogP contribution in [0.4, 0.5) is 4.39 Å². The first kappa shape index (κ1) is 15.9. The number of oxazole rings is 1. The van der Waals surface area contributed by atoms with Gasteiger partial charge in [-0.2, -0.15) is 0 Å². The molecule has 1 aromatic carbocycles. The van der Waals surface area contributed by atoms with Crippen molar-refractivity contribution in [3.05, 3.63) is 72.3 Å². The molecule has 0 spiro atoms. The Balaban J connectivity index is 1.52. The number of hydrogen-bond acceptors (Lipinski definition) is 4. The minimum absolute atomic E-state index is 0.119. The molecule has 0 saturated heterocycles. The highest BCUT2D eigenvalue weighted by Gasteiger charge is 2.11. The second-order valence-electron chi connectivity index (χ2n) is 5.20. The summed E-state index contributed by atoms with van der Waals surface area (Å²) in [6, 6.07) is 11.9. The van der Waals surface area contributed by atoms with Crippen LogP contribution in [0.1, 0.15) is 18.0 Å². The molecule has 3 aromatic rings. The van der Waals surface area contributed by atoms with E-state index in [1.54, 1.807) is 24.4 Å². The van der Waals surface area contributed by atoms with Crippen LogP contribution in [0.15, 0.2) is 59.3 Å². The smallest absolute Gasteiger partial charge is 0.220 e. The molecule has 2 aromatic heterocycles. The molecule has 0 saturated carbocycles. The molecule has 0 bridgehead atoms. The second kappa shape index (κ2) is 7.50. The summed E-state index contributed by atoms with van der Waals surface area (Å²) < 4.78 is 19.2. The number of nitrogens with one attached hydrogen (secondary N) is 1. The van der Waals surface area contributed by atoms with Crippen LogP contribution >= 0.6 is 0 Å². The van der Waals surface area contributed by atoms with Gasteiger partial charge in [-0.1, -0.05) is 18.2 Å². The molecule has 0 unspecified atom stereocenters. The lowest BCUT2D eigenvalue weighted by Crippen LogP contribution is -2.23. The maximum atomic E-state index is 13.7. The van der Waals surface area contributed by atoms with Gasteiger partial charge in [0, 0.05) is 19.0 Å². The average Bonchev–Trinajstić information content (AvgIpc) is 3.08. The molecule has 0 atom stereocenters. The lowest BCUT2D eigenvalue weighted by molar-refractivity contribution is -0.121. The third kappa shape index (κ3) is 4.04. The predicted octanol–water partition coefficient (Wildman–Crippen LogP) is 3.12. The third-order valence-corrected chi connectivity index (χ3v) is 3.45.